The van der Waals surface area contributed by atoms with Crippen LogP contribution in [0.15, 0.2) is 18.2 Å². The first-order valence-electron chi connectivity index (χ1n) is 5.58. The molecule has 0 aliphatic heterocycles. The van der Waals surface area contributed by atoms with Crippen molar-refractivity contribution < 1.29 is 4.79 Å². The molecule has 0 spiro atoms. The maximum absolute atomic E-state index is 12.0. The van der Waals surface area contributed by atoms with Gasteiger partial charge >= 0.3 is 0 Å². The van der Waals surface area contributed by atoms with Crippen LogP contribution in [0.25, 0.3) is 0 Å². The zero-order chi connectivity index (χ0) is 13.0. The van der Waals surface area contributed by atoms with Gasteiger partial charge < -0.3 is 5.32 Å². The van der Waals surface area contributed by atoms with E-state index in [1.807, 2.05) is 13.0 Å². The fourth-order valence-corrected chi connectivity index (χ4v) is 2.79. The molecule has 17 heavy (non-hydrogen) atoms. The average Bonchev–Trinajstić information content (AvgIpc) is 2.28. The van der Waals surface area contributed by atoms with E-state index in [0.717, 1.165) is 9.99 Å². The highest BCUT2D eigenvalue weighted by Gasteiger charge is 2.16. The predicted molar refractivity (Wildman–Crippen MR) is 81.2 cm³/mol. The minimum Gasteiger partial charge on any atom is -0.348 e. The SMILES string of the molecule is Cc1ccc(C(=O)NC(CI)C(C)C)cc1Cl. The Labute approximate surface area is 121 Å². The molecule has 1 aromatic rings. The number of hydrogen-bond acceptors (Lipinski definition) is 1. The van der Waals surface area contributed by atoms with Crippen molar-refractivity contribution in [1.82, 2.24) is 5.32 Å². The summed E-state index contributed by atoms with van der Waals surface area (Å²) in [5, 5.41) is 3.66. The van der Waals surface area contributed by atoms with Crippen molar-refractivity contribution in [3.05, 3.63) is 34.3 Å². The Hall–Kier alpha value is -0.290. The van der Waals surface area contributed by atoms with Crippen molar-refractivity contribution in [2.24, 2.45) is 5.92 Å². The topological polar surface area (TPSA) is 29.1 Å². The molecule has 0 aromatic heterocycles. The van der Waals surface area contributed by atoms with E-state index < -0.39 is 0 Å². The second-order valence-corrected chi connectivity index (χ2v) is 5.73. The van der Waals surface area contributed by atoms with Crippen LogP contribution in [0.1, 0.15) is 29.8 Å². The molecule has 0 fully saturated rings. The highest BCUT2D eigenvalue weighted by Crippen LogP contribution is 2.17. The highest BCUT2D eigenvalue weighted by molar-refractivity contribution is 14.1. The monoisotopic (exact) mass is 365 g/mol. The molecule has 0 aliphatic carbocycles. The Morgan fingerprint density at radius 3 is 2.59 bits per heavy atom. The quantitative estimate of drug-likeness (QED) is 0.637. The number of rotatable bonds is 4. The first kappa shape index (κ1) is 14.8. The maximum atomic E-state index is 12.0. The van der Waals surface area contributed by atoms with E-state index in [1.54, 1.807) is 12.1 Å². The second-order valence-electron chi connectivity index (χ2n) is 4.44. The fraction of sp³-hybridized carbons (Fsp3) is 0.462. The van der Waals surface area contributed by atoms with Crippen LogP contribution in [0.5, 0.6) is 0 Å². The summed E-state index contributed by atoms with van der Waals surface area (Å²) in [6.45, 7) is 6.13. The summed E-state index contributed by atoms with van der Waals surface area (Å²) >= 11 is 8.30. The first-order chi connectivity index (χ1) is 7.95. The molecule has 94 valence electrons. The summed E-state index contributed by atoms with van der Waals surface area (Å²) < 4.78 is 0.904. The van der Waals surface area contributed by atoms with Crippen molar-refractivity contribution in [3.8, 4) is 0 Å². The Balaban J connectivity index is 2.79. The number of nitrogens with one attached hydrogen (secondary N) is 1. The summed E-state index contributed by atoms with van der Waals surface area (Å²) in [6.07, 6.45) is 0. The van der Waals surface area contributed by atoms with Gasteiger partial charge in [0.15, 0.2) is 0 Å². The lowest BCUT2D eigenvalue weighted by atomic mass is 10.1. The van der Waals surface area contributed by atoms with Crippen LogP contribution in [0.4, 0.5) is 0 Å². The van der Waals surface area contributed by atoms with E-state index in [9.17, 15) is 4.79 Å². The van der Waals surface area contributed by atoms with Gasteiger partial charge in [-0.2, -0.15) is 0 Å². The van der Waals surface area contributed by atoms with E-state index >= 15 is 0 Å². The number of alkyl halides is 1. The van der Waals surface area contributed by atoms with Crippen molar-refractivity contribution in [2.75, 3.05) is 4.43 Å². The second kappa shape index (κ2) is 6.59. The third kappa shape index (κ3) is 4.14. The number of carbonyl (C=O) groups excluding carboxylic acids is 1. The van der Waals surface area contributed by atoms with Gasteiger partial charge in [-0.1, -0.05) is 54.1 Å². The van der Waals surface area contributed by atoms with Gasteiger partial charge in [0.05, 0.1) is 0 Å². The summed E-state index contributed by atoms with van der Waals surface area (Å²) in [7, 11) is 0. The third-order valence-electron chi connectivity index (χ3n) is 2.72. The molecule has 1 rings (SSSR count). The smallest absolute Gasteiger partial charge is 0.251 e. The Morgan fingerprint density at radius 2 is 2.12 bits per heavy atom. The van der Waals surface area contributed by atoms with Crippen LogP contribution in [-0.2, 0) is 0 Å². The zero-order valence-corrected chi connectivity index (χ0v) is 13.2. The van der Waals surface area contributed by atoms with Crippen LogP contribution in [0, 0.1) is 12.8 Å². The molecule has 0 saturated heterocycles. The number of benzene rings is 1. The molecule has 1 N–H and O–H groups in total. The maximum Gasteiger partial charge on any atom is 0.251 e. The van der Waals surface area contributed by atoms with Crippen molar-refractivity contribution in [2.45, 2.75) is 26.8 Å². The van der Waals surface area contributed by atoms with Gasteiger partial charge in [0.1, 0.15) is 0 Å². The molecular weight excluding hydrogens is 349 g/mol. The molecular formula is C13H17ClINO. The Morgan fingerprint density at radius 1 is 1.47 bits per heavy atom. The van der Waals surface area contributed by atoms with Gasteiger partial charge in [-0.3, -0.25) is 4.79 Å². The zero-order valence-electron chi connectivity index (χ0n) is 10.3. The van der Waals surface area contributed by atoms with E-state index in [2.05, 4.69) is 41.8 Å². The summed E-state index contributed by atoms with van der Waals surface area (Å²) in [6, 6.07) is 5.59. The van der Waals surface area contributed by atoms with E-state index in [0.29, 0.717) is 16.5 Å². The van der Waals surface area contributed by atoms with E-state index in [1.165, 1.54) is 0 Å². The number of amides is 1. The normalized spacial score (nSPS) is 12.6. The predicted octanol–water partition coefficient (Wildman–Crippen LogP) is 3.84. The molecule has 1 atom stereocenters. The van der Waals surface area contributed by atoms with E-state index in [4.69, 9.17) is 11.6 Å². The number of aryl methyl sites for hydroxylation is 1. The summed E-state index contributed by atoms with van der Waals surface area (Å²) in [4.78, 5) is 12.0. The molecule has 1 aromatic carbocycles. The minimum absolute atomic E-state index is 0.0535. The lowest BCUT2D eigenvalue weighted by molar-refractivity contribution is 0.0932. The van der Waals surface area contributed by atoms with Crippen LogP contribution in [-0.4, -0.2) is 16.4 Å². The number of carbonyl (C=O) groups is 1. The summed E-state index contributed by atoms with van der Waals surface area (Å²) in [5.41, 5.74) is 1.61. The lowest BCUT2D eigenvalue weighted by Crippen LogP contribution is -2.39. The van der Waals surface area contributed by atoms with Crippen molar-refractivity contribution in [3.63, 3.8) is 0 Å². The van der Waals surface area contributed by atoms with Gasteiger partial charge in [-0.25, -0.2) is 0 Å². The number of hydrogen-bond donors (Lipinski definition) is 1. The van der Waals surface area contributed by atoms with Gasteiger partial charge in [-0.05, 0) is 30.5 Å². The van der Waals surface area contributed by atoms with Gasteiger partial charge in [0.25, 0.3) is 5.91 Å². The van der Waals surface area contributed by atoms with Crippen LogP contribution >= 0.6 is 34.2 Å². The molecule has 0 heterocycles. The van der Waals surface area contributed by atoms with Crippen LogP contribution in [0.2, 0.25) is 5.02 Å². The van der Waals surface area contributed by atoms with Gasteiger partial charge in [0.2, 0.25) is 0 Å². The van der Waals surface area contributed by atoms with Gasteiger partial charge in [-0.15, -0.1) is 0 Å². The molecule has 0 aliphatic rings. The van der Waals surface area contributed by atoms with Gasteiger partial charge in [0, 0.05) is 21.1 Å². The van der Waals surface area contributed by atoms with Crippen molar-refractivity contribution >= 4 is 40.1 Å². The van der Waals surface area contributed by atoms with E-state index in [-0.39, 0.29) is 11.9 Å². The highest BCUT2D eigenvalue weighted by atomic mass is 127. The molecule has 0 radical (unpaired) electrons. The minimum atomic E-state index is -0.0535. The van der Waals surface area contributed by atoms with Crippen molar-refractivity contribution in [1.29, 1.82) is 0 Å². The first-order valence-corrected chi connectivity index (χ1v) is 7.49. The molecule has 0 bridgehead atoms. The fourth-order valence-electron chi connectivity index (χ4n) is 1.37. The van der Waals surface area contributed by atoms with Crippen LogP contribution < -0.4 is 5.32 Å². The number of halogens is 2. The summed E-state index contributed by atoms with van der Waals surface area (Å²) in [5.74, 6) is 0.374. The molecule has 2 nitrogen and oxygen atoms in total. The average molecular weight is 366 g/mol. The van der Waals surface area contributed by atoms with Crippen LogP contribution in [0.3, 0.4) is 0 Å². The Kier molecular flexibility index (Phi) is 5.73. The standard InChI is InChI=1S/C13H17ClINO/c1-8(2)12(7-15)16-13(17)10-5-4-9(3)11(14)6-10/h4-6,8,12H,7H2,1-3H3,(H,16,17). The largest absolute Gasteiger partial charge is 0.348 e. The molecule has 0 saturated carbocycles. The molecule has 1 unspecified atom stereocenters. The molecule has 1 amide bonds. The Bertz CT molecular complexity index is 406. The third-order valence-corrected chi connectivity index (χ3v) is 4.08. The molecule has 4 heteroatoms. The lowest BCUT2D eigenvalue weighted by Gasteiger charge is -2.20.